The Morgan fingerprint density at radius 3 is 2.60 bits per heavy atom. The first-order chi connectivity index (χ1) is 14.5. The molecule has 6 heteroatoms. The highest BCUT2D eigenvalue weighted by Gasteiger charge is 2.46. The zero-order valence-electron chi connectivity index (χ0n) is 17.2. The van der Waals surface area contributed by atoms with Crippen molar-refractivity contribution in [2.45, 2.75) is 44.2 Å². The van der Waals surface area contributed by atoms with E-state index < -0.39 is 5.60 Å². The fourth-order valence-electron chi connectivity index (χ4n) is 3.98. The predicted octanol–water partition coefficient (Wildman–Crippen LogP) is 3.32. The molecule has 1 saturated carbocycles. The summed E-state index contributed by atoms with van der Waals surface area (Å²) in [6, 6.07) is 14.3. The van der Waals surface area contributed by atoms with Crippen LogP contribution in [0.25, 0.3) is 11.1 Å². The summed E-state index contributed by atoms with van der Waals surface area (Å²) >= 11 is 0. The molecule has 4 rings (SSSR count). The van der Waals surface area contributed by atoms with E-state index in [1.165, 1.54) is 12.1 Å². The fraction of sp³-hybridized carbons (Fsp3) is 0.417. The molecule has 2 aromatic rings. The number of morpholine rings is 1. The van der Waals surface area contributed by atoms with Gasteiger partial charge in [0.05, 0.1) is 13.2 Å². The van der Waals surface area contributed by atoms with Crippen molar-refractivity contribution in [2.75, 3.05) is 19.7 Å². The second-order valence-electron chi connectivity index (χ2n) is 8.10. The van der Waals surface area contributed by atoms with Gasteiger partial charge in [-0.05, 0) is 41.7 Å². The van der Waals surface area contributed by atoms with Gasteiger partial charge in [0.25, 0.3) is 5.91 Å². The number of carbonyl (C=O) groups is 2. The number of nitrogens with one attached hydrogen (secondary N) is 1. The molecular formula is C24H27FN2O3. The molecule has 0 bridgehead atoms. The second kappa shape index (κ2) is 8.56. The molecule has 1 atom stereocenters. The van der Waals surface area contributed by atoms with Gasteiger partial charge in [-0.2, -0.15) is 0 Å². The normalized spacial score (nSPS) is 21.3. The lowest BCUT2D eigenvalue weighted by molar-refractivity contribution is -0.166. The van der Waals surface area contributed by atoms with E-state index in [-0.39, 0.29) is 30.2 Å². The number of amides is 2. The van der Waals surface area contributed by atoms with Crippen LogP contribution >= 0.6 is 0 Å². The standard InChI is InChI=1S/C24H27FN2O3/c1-2-22(28)27-13-14-30-24(16-27,23(29)26-20-11-12-20)15-18-5-3-4-6-21(18)17-7-9-19(25)10-8-17/h3-10,20H,2,11-16H2,1H3,(H,26,29). The van der Waals surface area contributed by atoms with Crippen LogP contribution in [0, 0.1) is 5.82 Å². The Balaban J connectivity index is 1.68. The second-order valence-corrected chi connectivity index (χ2v) is 8.10. The van der Waals surface area contributed by atoms with Crippen molar-refractivity contribution >= 4 is 11.8 Å². The van der Waals surface area contributed by atoms with Gasteiger partial charge in [0.2, 0.25) is 5.91 Å². The van der Waals surface area contributed by atoms with Crippen molar-refractivity contribution in [2.24, 2.45) is 0 Å². The average molecular weight is 410 g/mol. The number of hydrogen-bond donors (Lipinski definition) is 1. The highest BCUT2D eigenvalue weighted by molar-refractivity contribution is 5.88. The van der Waals surface area contributed by atoms with Gasteiger partial charge in [0, 0.05) is 25.4 Å². The summed E-state index contributed by atoms with van der Waals surface area (Å²) in [5.41, 5.74) is 1.60. The molecule has 1 heterocycles. The Bertz CT molecular complexity index is 926. The van der Waals surface area contributed by atoms with Crippen molar-refractivity contribution in [3.8, 4) is 11.1 Å². The molecule has 30 heavy (non-hydrogen) atoms. The zero-order chi connectivity index (χ0) is 21.1. The van der Waals surface area contributed by atoms with E-state index in [0.717, 1.165) is 29.5 Å². The Kier molecular flexibility index (Phi) is 5.86. The lowest BCUT2D eigenvalue weighted by Gasteiger charge is -2.42. The third-order valence-electron chi connectivity index (χ3n) is 5.82. The largest absolute Gasteiger partial charge is 0.361 e. The van der Waals surface area contributed by atoms with E-state index in [9.17, 15) is 14.0 Å². The van der Waals surface area contributed by atoms with Crippen LogP contribution < -0.4 is 5.32 Å². The third kappa shape index (κ3) is 4.38. The summed E-state index contributed by atoms with van der Waals surface area (Å²) in [4.78, 5) is 27.4. The first kappa shape index (κ1) is 20.5. The smallest absolute Gasteiger partial charge is 0.254 e. The molecule has 1 aliphatic heterocycles. The van der Waals surface area contributed by atoms with Gasteiger partial charge in [-0.1, -0.05) is 43.3 Å². The molecule has 0 aromatic heterocycles. The maximum Gasteiger partial charge on any atom is 0.254 e. The SMILES string of the molecule is CCC(=O)N1CCOC(Cc2ccccc2-c2ccc(F)cc2)(C(=O)NC2CC2)C1. The Morgan fingerprint density at radius 1 is 1.17 bits per heavy atom. The number of hydrogen-bond acceptors (Lipinski definition) is 3. The van der Waals surface area contributed by atoms with Gasteiger partial charge in [-0.25, -0.2) is 4.39 Å². The van der Waals surface area contributed by atoms with E-state index >= 15 is 0 Å². The van der Waals surface area contributed by atoms with Gasteiger partial charge < -0.3 is 15.0 Å². The number of nitrogens with zero attached hydrogens (tertiary/aromatic N) is 1. The van der Waals surface area contributed by atoms with Gasteiger partial charge >= 0.3 is 0 Å². The molecule has 2 aromatic carbocycles. The summed E-state index contributed by atoms with van der Waals surface area (Å²) in [5.74, 6) is -0.429. The van der Waals surface area contributed by atoms with E-state index in [2.05, 4.69) is 5.32 Å². The van der Waals surface area contributed by atoms with Gasteiger partial charge in [-0.3, -0.25) is 9.59 Å². The van der Waals surface area contributed by atoms with Crippen LogP contribution in [0.4, 0.5) is 4.39 Å². The minimum absolute atomic E-state index is 0.0220. The van der Waals surface area contributed by atoms with Gasteiger partial charge in [-0.15, -0.1) is 0 Å². The van der Waals surface area contributed by atoms with E-state index in [1.807, 2.05) is 31.2 Å². The molecule has 158 valence electrons. The van der Waals surface area contributed by atoms with E-state index in [4.69, 9.17) is 4.74 Å². The van der Waals surface area contributed by atoms with Crippen LogP contribution in [-0.4, -0.2) is 48.1 Å². The maximum absolute atomic E-state index is 13.4. The van der Waals surface area contributed by atoms with Crippen molar-refractivity contribution < 1.29 is 18.7 Å². The molecule has 2 aliphatic rings. The Labute approximate surface area is 176 Å². The van der Waals surface area contributed by atoms with Crippen LogP contribution in [0.5, 0.6) is 0 Å². The highest BCUT2D eigenvalue weighted by Crippen LogP contribution is 2.32. The number of rotatable bonds is 6. The van der Waals surface area contributed by atoms with Crippen LogP contribution in [-0.2, 0) is 20.7 Å². The van der Waals surface area contributed by atoms with Crippen molar-refractivity contribution in [3.05, 3.63) is 59.9 Å². The summed E-state index contributed by atoms with van der Waals surface area (Å²) in [6.45, 7) is 2.87. The summed E-state index contributed by atoms with van der Waals surface area (Å²) in [6.07, 6.45) is 2.69. The number of ether oxygens (including phenoxy) is 1. The first-order valence-electron chi connectivity index (χ1n) is 10.6. The zero-order valence-corrected chi connectivity index (χ0v) is 17.2. The number of benzene rings is 2. The van der Waals surface area contributed by atoms with Crippen molar-refractivity contribution in [3.63, 3.8) is 0 Å². The minimum Gasteiger partial charge on any atom is -0.361 e. The quantitative estimate of drug-likeness (QED) is 0.795. The Morgan fingerprint density at radius 2 is 1.90 bits per heavy atom. The fourth-order valence-corrected chi connectivity index (χ4v) is 3.98. The molecule has 2 amide bonds. The topological polar surface area (TPSA) is 58.6 Å². The lowest BCUT2D eigenvalue weighted by Crippen LogP contribution is -2.62. The monoisotopic (exact) mass is 410 g/mol. The minimum atomic E-state index is -1.14. The summed E-state index contributed by atoms with van der Waals surface area (Å²) in [5, 5.41) is 3.08. The van der Waals surface area contributed by atoms with Crippen LogP contribution in [0.15, 0.2) is 48.5 Å². The molecule has 1 unspecified atom stereocenters. The first-order valence-corrected chi connectivity index (χ1v) is 10.6. The molecule has 0 spiro atoms. The summed E-state index contributed by atoms with van der Waals surface area (Å²) in [7, 11) is 0. The Hall–Kier alpha value is -2.73. The number of halogens is 1. The van der Waals surface area contributed by atoms with Crippen molar-refractivity contribution in [1.29, 1.82) is 0 Å². The van der Waals surface area contributed by atoms with E-state index in [1.54, 1.807) is 17.0 Å². The number of carbonyl (C=O) groups excluding carboxylic acids is 2. The molecule has 1 N–H and O–H groups in total. The van der Waals surface area contributed by atoms with Crippen LogP contribution in [0.3, 0.4) is 0 Å². The van der Waals surface area contributed by atoms with E-state index in [0.29, 0.717) is 26.0 Å². The predicted molar refractivity (Wildman–Crippen MR) is 112 cm³/mol. The molecule has 0 radical (unpaired) electrons. The van der Waals surface area contributed by atoms with Gasteiger partial charge in [0.15, 0.2) is 5.60 Å². The molecule has 5 nitrogen and oxygen atoms in total. The molecule has 1 aliphatic carbocycles. The highest BCUT2D eigenvalue weighted by atomic mass is 19.1. The van der Waals surface area contributed by atoms with Crippen LogP contribution in [0.1, 0.15) is 31.7 Å². The lowest BCUT2D eigenvalue weighted by atomic mass is 9.87. The van der Waals surface area contributed by atoms with Crippen LogP contribution in [0.2, 0.25) is 0 Å². The van der Waals surface area contributed by atoms with Crippen molar-refractivity contribution in [1.82, 2.24) is 10.2 Å². The average Bonchev–Trinajstić information content (AvgIpc) is 3.58. The molecule has 2 fully saturated rings. The molecule has 1 saturated heterocycles. The van der Waals surface area contributed by atoms with Gasteiger partial charge in [0.1, 0.15) is 5.82 Å². The maximum atomic E-state index is 13.4. The molecular weight excluding hydrogens is 383 g/mol. The summed E-state index contributed by atoms with van der Waals surface area (Å²) < 4.78 is 19.5. The third-order valence-corrected chi connectivity index (χ3v) is 5.82.